The average molecular weight is 222 g/mol. The second-order valence-electron chi connectivity index (χ2n) is 6.18. The molecule has 1 heteroatoms. The number of hydrogen-bond donors (Lipinski definition) is 0. The monoisotopic (exact) mass is 222 g/mol. The second-order valence-corrected chi connectivity index (χ2v) is 7.09. The van der Waals surface area contributed by atoms with Crippen molar-refractivity contribution in [3.8, 4) is 0 Å². The van der Waals surface area contributed by atoms with Crippen LogP contribution in [0.3, 0.4) is 0 Å². The highest BCUT2D eigenvalue weighted by atomic mass is 32.1. The third-order valence-electron chi connectivity index (χ3n) is 2.59. The Morgan fingerprint density at radius 1 is 1.13 bits per heavy atom. The van der Waals surface area contributed by atoms with E-state index in [0.717, 1.165) is 0 Å². The van der Waals surface area contributed by atoms with Gasteiger partial charge in [0.25, 0.3) is 0 Å². The lowest BCUT2D eigenvalue weighted by molar-refractivity contribution is 0.567. The molecule has 1 aromatic heterocycles. The SMILES string of the molecule is C=C(c1csc(C(C)(C)C)c1)C(C)(C)C. The van der Waals surface area contributed by atoms with E-state index < -0.39 is 0 Å². The van der Waals surface area contributed by atoms with E-state index in [1.807, 2.05) is 11.3 Å². The first kappa shape index (κ1) is 12.5. The van der Waals surface area contributed by atoms with Crippen LogP contribution in [-0.4, -0.2) is 0 Å². The van der Waals surface area contributed by atoms with E-state index in [4.69, 9.17) is 0 Å². The summed E-state index contributed by atoms with van der Waals surface area (Å²) in [7, 11) is 0. The average Bonchev–Trinajstić information content (AvgIpc) is 2.47. The van der Waals surface area contributed by atoms with Gasteiger partial charge in [-0.15, -0.1) is 11.3 Å². The Balaban J connectivity index is 3.01. The Bertz CT molecular complexity index is 355. The van der Waals surface area contributed by atoms with Crippen LogP contribution in [0.2, 0.25) is 0 Å². The van der Waals surface area contributed by atoms with Crippen molar-refractivity contribution >= 4 is 16.9 Å². The van der Waals surface area contributed by atoms with Gasteiger partial charge in [0.05, 0.1) is 0 Å². The first-order valence-electron chi connectivity index (χ1n) is 5.41. The van der Waals surface area contributed by atoms with Crippen molar-refractivity contribution in [2.45, 2.75) is 47.0 Å². The van der Waals surface area contributed by atoms with Gasteiger partial charge < -0.3 is 0 Å². The quantitative estimate of drug-likeness (QED) is 0.620. The van der Waals surface area contributed by atoms with Gasteiger partial charge in [-0.2, -0.15) is 0 Å². The highest BCUT2D eigenvalue weighted by molar-refractivity contribution is 7.10. The molecule has 0 saturated carbocycles. The number of rotatable bonds is 1. The maximum Gasteiger partial charge on any atom is 0.0105 e. The van der Waals surface area contributed by atoms with E-state index in [2.05, 4.69) is 59.6 Å². The van der Waals surface area contributed by atoms with Crippen LogP contribution in [0, 0.1) is 5.41 Å². The molecule has 0 atom stereocenters. The van der Waals surface area contributed by atoms with Crippen LogP contribution >= 0.6 is 11.3 Å². The van der Waals surface area contributed by atoms with Gasteiger partial charge in [0.1, 0.15) is 0 Å². The second kappa shape index (κ2) is 3.79. The van der Waals surface area contributed by atoms with Crippen molar-refractivity contribution in [1.29, 1.82) is 0 Å². The molecule has 15 heavy (non-hydrogen) atoms. The molecule has 0 spiro atoms. The fourth-order valence-corrected chi connectivity index (χ4v) is 2.33. The van der Waals surface area contributed by atoms with Gasteiger partial charge in [-0.25, -0.2) is 0 Å². The molecule has 1 heterocycles. The lowest BCUT2D eigenvalue weighted by Crippen LogP contribution is -2.09. The molecule has 0 amide bonds. The third kappa shape index (κ3) is 2.94. The summed E-state index contributed by atoms with van der Waals surface area (Å²) in [6.07, 6.45) is 0. The summed E-state index contributed by atoms with van der Waals surface area (Å²) in [5, 5.41) is 2.23. The van der Waals surface area contributed by atoms with E-state index in [-0.39, 0.29) is 10.8 Å². The first-order chi connectivity index (χ1) is 6.62. The maximum absolute atomic E-state index is 4.20. The van der Waals surface area contributed by atoms with E-state index in [1.54, 1.807) is 0 Å². The van der Waals surface area contributed by atoms with Gasteiger partial charge in [-0.1, -0.05) is 48.1 Å². The molecule has 0 bridgehead atoms. The Hall–Kier alpha value is -0.560. The molecule has 1 rings (SSSR count). The molecule has 0 aliphatic rings. The summed E-state index contributed by atoms with van der Waals surface area (Å²) in [4.78, 5) is 1.43. The third-order valence-corrected chi connectivity index (χ3v) is 3.95. The zero-order chi connectivity index (χ0) is 11.9. The van der Waals surface area contributed by atoms with Gasteiger partial charge in [-0.05, 0) is 33.4 Å². The zero-order valence-corrected chi connectivity index (χ0v) is 11.6. The van der Waals surface area contributed by atoms with Crippen molar-refractivity contribution < 1.29 is 0 Å². The van der Waals surface area contributed by atoms with E-state index in [1.165, 1.54) is 16.0 Å². The van der Waals surface area contributed by atoms with Crippen LogP contribution in [0.5, 0.6) is 0 Å². The fraction of sp³-hybridized carbons (Fsp3) is 0.571. The van der Waals surface area contributed by atoms with Crippen LogP contribution in [0.25, 0.3) is 5.57 Å². The van der Waals surface area contributed by atoms with Gasteiger partial charge in [0, 0.05) is 4.88 Å². The van der Waals surface area contributed by atoms with E-state index in [0.29, 0.717) is 0 Å². The number of hydrogen-bond acceptors (Lipinski definition) is 1. The number of thiophene rings is 1. The summed E-state index contributed by atoms with van der Waals surface area (Å²) in [6.45, 7) is 17.6. The molecule has 0 nitrogen and oxygen atoms in total. The molecule has 0 unspecified atom stereocenters. The molecule has 0 radical (unpaired) electrons. The molecule has 0 saturated heterocycles. The van der Waals surface area contributed by atoms with E-state index >= 15 is 0 Å². The topological polar surface area (TPSA) is 0 Å². The predicted molar refractivity (Wildman–Crippen MR) is 71.5 cm³/mol. The normalized spacial score (nSPS) is 12.9. The maximum atomic E-state index is 4.20. The molecule has 1 aromatic rings. The smallest absolute Gasteiger partial charge is 0.0105 e. The molecule has 0 aromatic carbocycles. The van der Waals surface area contributed by atoms with Crippen molar-refractivity contribution in [3.63, 3.8) is 0 Å². The molecular formula is C14H22S. The van der Waals surface area contributed by atoms with Gasteiger partial charge in [0.2, 0.25) is 0 Å². The Morgan fingerprint density at radius 3 is 2.00 bits per heavy atom. The van der Waals surface area contributed by atoms with Crippen LogP contribution in [-0.2, 0) is 5.41 Å². The Kier molecular flexibility index (Phi) is 3.16. The molecule has 0 N–H and O–H groups in total. The summed E-state index contributed by atoms with van der Waals surface area (Å²) in [5.74, 6) is 0. The molecule has 0 aliphatic heterocycles. The van der Waals surface area contributed by atoms with E-state index in [9.17, 15) is 0 Å². The highest BCUT2D eigenvalue weighted by Gasteiger charge is 2.21. The van der Waals surface area contributed by atoms with Gasteiger partial charge >= 0.3 is 0 Å². The minimum absolute atomic E-state index is 0.163. The highest BCUT2D eigenvalue weighted by Crippen LogP contribution is 2.37. The zero-order valence-electron chi connectivity index (χ0n) is 10.8. The molecule has 0 fully saturated rings. The molecular weight excluding hydrogens is 200 g/mol. The number of allylic oxidation sites excluding steroid dienone is 1. The van der Waals surface area contributed by atoms with Crippen LogP contribution in [0.15, 0.2) is 18.0 Å². The van der Waals surface area contributed by atoms with Crippen LogP contribution in [0.4, 0.5) is 0 Å². The predicted octanol–water partition coefficient (Wildman–Crippen LogP) is 5.10. The minimum Gasteiger partial charge on any atom is -0.148 e. The molecule has 84 valence electrons. The summed E-state index contributed by atoms with van der Waals surface area (Å²) in [6, 6.07) is 2.29. The van der Waals surface area contributed by atoms with Crippen molar-refractivity contribution in [3.05, 3.63) is 28.5 Å². The summed E-state index contributed by atoms with van der Waals surface area (Å²) < 4.78 is 0. The fourth-order valence-electron chi connectivity index (χ4n) is 1.32. The Morgan fingerprint density at radius 2 is 1.67 bits per heavy atom. The lowest BCUT2D eigenvalue weighted by Gasteiger charge is -2.21. The van der Waals surface area contributed by atoms with Crippen LogP contribution in [0.1, 0.15) is 52.0 Å². The standard InChI is InChI=1S/C14H22S/c1-10(13(2,3)4)11-8-12(15-9-11)14(5,6)7/h8-9H,1H2,2-7H3. The minimum atomic E-state index is 0.163. The van der Waals surface area contributed by atoms with Gasteiger partial charge in [0.15, 0.2) is 0 Å². The lowest BCUT2D eigenvalue weighted by atomic mass is 9.83. The first-order valence-corrected chi connectivity index (χ1v) is 6.29. The molecule has 0 aliphatic carbocycles. The van der Waals surface area contributed by atoms with Gasteiger partial charge in [-0.3, -0.25) is 0 Å². The summed E-state index contributed by atoms with van der Waals surface area (Å²) in [5.41, 5.74) is 2.95. The van der Waals surface area contributed by atoms with Crippen LogP contribution < -0.4 is 0 Å². The largest absolute Gasteiger partial charge is 0.148 e. The Labute approximate surface area is 98.0 Å². The summed E-state index contributed by atoms with van der Waals surface area (Å²) >= 11 is 1.84. The van der Waals surface area contributed by atoms with Crippen molar-refractivity contribution in [2.75, 3.05) is 0 Å². The van der Waals surface area contributed by atoms with Crippen molar-refractivity contribution in [2.24, 2.45) is 5.41 Å². The van der Waals surface area contributed by atoms with Crippen molar-refractivity contribution in [1.82, 2.24) is 0 Å².